The van der Waals surface area contributed by atoms with Crippen molar-refractivity contribution in [3.63, 3.8) is 0 Å². The Morgan fingerprint density at radius 1 is 1.30 bits per heavy atom. The Morgan fingerprint density at radius 2 is 2.13 bits per heavy atom. The summed E-state index contributed by atoms with van der Waals surface area (Å²) in [6, 6.07) is 6.10. The Hall–Kier alpha value is -1.66. The average Bonchev–Trinajstić information content (AvgIpc) is 3.03. The number of aromatic nitrogens is 2. The molecule has 1 heterocycles. The largest absolute Gasteiger partial charge is 0.271 e. The SMILES string of the molecule is Cc1ccc2c(c1)CCC2NS(=O)(=O)c1cnn(CC2CC2)c1. The molecule has 0 spiro atoms. The second-order valence-corrected chi connectivity index (χ2v) is 8.47. The maximum absolute atomic E-state index is 12.6. The second kappa shape index (κ2) is 5.46. The van der Waals surface area contributed by atoms with E-state index in [0.29, 0.717) is 5.92 Å². The molecule has 5 nitrogen and oxygen atoms in total. The normalized spacial score (nSPS) is 20.7. The number of benzene rings is 1. The zero-order valence-electron chi connectivity index (χ0n) is 13.2. The molecule has 2 aliphatic carbocycles. The van der Waals surface area contributed by atoms with Crippen LogP contribution in [0, 0.1) is 12.8 Å². The minimum atomic E-state index is -3.52. The molecule has 0 amide bonds. The number of nitrogens with one attached hydrogen (secondary N) is 1. The van der Waals surface area contributed by atoms with Gasteiger partial charge in [-0.3, -0.25) is 4.68 Å². The van der Waals surface area contributed by atoms with Gasteiger partial charge in [0.25, 0.3) is 0 Å². The number of fused-ring (bicyclic) bond motifs is 1. The van der Waals surface area contributed by atoms with Gasteiger partial charge in [0.2, 0.25) is 10.0 Å². The van der Waals surface area contributed by atoms with Crippen molar-refractivity contribution in [2.75, 3.05) is 0 Å². The lowest BCUT2D eigenvalue weighted by atomic mass is 10.1. The molecular weight excluding hydrogens is 310 g/mol. The van der Waals surface area contributed by atoms with Gasteiger partial charge < -0.3 is 0 Å². The van der Waals surface area contributed by atoms with Crippen LogP contribution in [0.1, 0.15) is 42.0 Å². The Balaban J connectivity index is 1.53. The molecular formula is C17H21N3O2S. The van der Waals surface area contributed by atoms with Crippen molar-refractivity contribution in [1.29, 1.82) is 0 Å². The molecule has 23 heavy (non-hydrogen) atoms. The molecule has 1 aromatic heterocycles. The fourth-order valence-corrected chi connectivity index (χ4v) is 4.47. The highest BCUT2D eigenvalue weighted by Crippen LogP contribution is 2.33. The molecule has 0 saturated heterocycles. The standard InChI is InChI=1S/C17H21N3O2S/c1-12-2-6-16-14(8-12)5-7-17(16)19-23(21,22)15-9-18-20(11-15)10-13-3-4-13/h2,6,8-9,11,13,17,19H,3-5,7,10H2,1H3. The highest BCUT2D eigenvalue weighted by atomic mass is 32.2. The molecule has 6 heteroatoms. The molecule has 1 aromatic carbocycles. The van der Waals surface area contributed by atoms with Gasteiger partial charge >= 0.3 is 0 Å². The molecule has 4 rings (SSSR count). The smallest absolute Gasteiger partial charge is 0.244 e. The minimum Gasteiger partial charge on any atom is -0.271 e. The minimum absolute atomic E-state index is 0.137. The van der Waals surface area contributed by atoms with Crippen LogP contribution in [0.5, 0.6) is 0 Å². The zero-order chi connectivity index (χ0) is 16.0. The van der Waals surface area contributed by atoms with E-state index < -0.39 is 10.0 Å². The van der Waals surface area contributed by atoms with E-state index in [1.165, 1.54) is 30.2 Å². The maximum atomic E-state index is 12.6. The monoisotopic (exact) mass is 331 g/mol. The van der Waals surface area contributed by atoms with Gasteiger partial charge in [0.15, 0.2) is 0 Å². The fourth-order valence-electron chi connectivity index (χ4n) is 3.27. The van der Waals surface area contributed by atoms with Crippen molar-refractivity contribution in [1.82, 2.24) is 14.5 Å². The second-order valence-electron chi connectivity index (χ2n) is 6.76. The van der Waals surface area contributed by atoms with E-state index in [-0.39, 0.29) is 10.9 Å². The zero-order valence-corrected chi connectivity index (χ0v) is 14.0. The van der Waals surface area contributed by atoms with Crippen molar-refractivity contribution < 1.29 is 8.42 Å². The average molecular weight is 331 g/mol. The van der Waals surface area contributed by atoms with Crippen LogP contribution in [0.2, 0.25) is 0 Å². The van der Waals surface area contributed by atoms with E-state index in [1.54, 1.807) is 10.9 Å². The number of nitrogens with zero attached hydrogens (tertiary/aromatic N) is 2. The maximum Gasteiger partial charge on any atom is 0.244 e. The molecule has 2 aromatic rings. The summed E-state index contributed by atoms with van der Waals surface area (Å²) in [7, 11) is -3.52. The van der Waals surface area contributed by atoms with Crippen molar-refractivity contribution in [2.45, 2.75) is 50.1 Å². The van der Waals surface area contributed by atoms with Gasteiger partial charge in [0.1, 0.15) is 4.90 Å². The predicted molar refractivity (Wildman–Crippen MR) is 87.5 cm³/mol. The first-order valence-electron chi connectivity index (χ1n) is 8.15. The van der Waals surface area contributed by atoms with Gasteiger partial charge in [-0.25, -0.2) is 13.1 Å². The number of sulfonamides is 1. The first-order valence-corrected chi connectivity index (χ1v) is 9.64. The van der Waals surface area contributed by atoms with Crippen LogP contribution in [-0.4, -0.2) is 18.2 Å². The van der Waals surface area contributed by atoms with Gasteiger partial charge in [0.05, 0.1) is 6.20 Å². The van der Waals surface area contributed by atoms with E-state index in [9.17, 15) is 8.42 Å². The van der Waals surface area contributed by atoms with E-state index in [0.717, 1.165) is 24.9 Å². The van der Waals surface area contributed by atoms with Crippen LogP contribution in [0.4, 0.5) is 0 Å². The molecule has 122 valence electrons. The third-order valence-electron chi connectivity index (χ3n) is 4.74. The van der Waals surface area contributed by atoms with Gasteiger partial charge in [-0.05, 0) is 49.7 Å². The molecule has 0 radical (unpaired) electrons. The van der Waals surface area contributed by atoms with Gasteiger partial charge in [-0.1, -0.05) is 23.8 Å². The molecule has 1 saturated carbocycles. The van der Waals surface area contributed by atoms with Crippen molar-refractivity contribution in [3.05, 3.63) is 47.3 Å². The Labute approximate surface area is 136 Å². The predicted octanol–water partition coefficient (Wildman–Crippen LogP) is 2.57. The van der Waals surface area contributed by atoms with E-state index >= 15 is 0 Å². The van der Waals surface area contributed by atoms with Gasteiger partial charge in [-0.15, -0.1) is 0 Å². The summed E-state index contributed by atoms with van der Waals surface area (Å²) in [6.07, 6.45) is 7.28. The molecule has 1 unspecified atom stereocenters. The molecule has 0 bridgehead atoms. The lowest BCUT2D eigenvalue weighted by Gasteiger charge is -2.13. The summed E-state index contributed by atoms with van der Waals surface area (Å²) in [5.74, 6) is 0.670. The van der Waals surface area contributed by atoms with Crippen molar-refractivity contribution >= 4 is 10.0 Å². The van der Waals surface area contributed by atoms with Gasteiger partial charge in [-0.2, -0.15) is 5.10 Å². The lowest BCUT2D eigenvalue weighted by Crippen LogP contribution is -2.27. The van der Waals surface area contributed by atoms with Gasteiger partial charge in [0, 0.05) is 18.8 Å². The Kier molecular flexibility index (Phi) is 3.54. The molecule has 1 atom stereocenters. The van der Waals surface area contributed by atoms with Crippen LogP contribution in [-0.2, 0) is 23.0 Å². The quantitative estimate of drug-likeness (QED) is 0.916. The summed E-state index contributed by atoms with van der Waals surface area (Å²) in [5, 5.41) is 4.19. The van der Waals surface area contributed by atoms with Crippen molar-refractivity contribution in [3.8, 4) is 0 Å². The van der Waals surface area contributed by atoms with Crippen LogP contribution in [0.3, 0.4) is 0 Å². The van der Waals surface area contributed by atoms with Crippen LogP contribution < -0.4 is 4.72 Å². The topological polar surface area (TPSA) is 64.0 Å². The Bertz CT molecular complexity index is 837. The molecule has 1 fully saturated rings. The fraction of sp³-hybridized carbons (Fsp3) is 0.471. The van der Waals surface area contributed by atoms with Crippen LogP contribution >= 0.6 is 0 Å². The highest BCUT2D eigenvalue weighted by Gasteiger charge is 2.29. The van der Waals surface area contributed by atoms with E-state index in [4.69, 9.17) is 0 Å². The first kappa shape index (κ1) is 14.9. The lowest BCUT2D eigenvalue weighted by molar-refractivity contribution is 0.551. The first-order chi connectivity index (χ1) is 11.0. The van der Waals surface area contributed by atoms with Crippen molar-refractivity contribution in [2.24, 2.45) is 5.92 Å². The van der Waals surface area contributed by atoms with Crippen LogP contribution in [0.15, 0.2) is 35.5 Å². The molecule has 1 N–H and O–H groups in total. The summed E-state index contributed by atoms with van der Waals surface area (Å²) in [4.78, 5) is 0.263. The number of hydrogen-bond donors (Lipinski definition) is 1. The van der Waals surface area contributed by atoms with Crippen LogP contribution in [0.25, 0.3) is 0 Å². The number of rotatable bonds is 5. The third-order valence-corrected chi connectivity index (χ3v) is 6.16. The molecule has 0 aliphatic heterocycles. The summed E-state index contributed by atoms with van der Waals surface area (Å²) < 4.78 is 29.8. The van der Waals surface area contributed by atoms with E-state index in [1.807, 2.05) is 12.1 Å². The Morgan fingerprint density at radius 3 is 2.91 bits per heavy atom. The number of hydrogen-bond acceptors (Lipinski definition) is 3. The summed E-state index contributed by atoms with van der Waals surface area (Å²) in [5.41, 5.74) is 3.57. The highest BCUT2D eigenvalue weighted by molar-refractivity contribution is 7.89. The third kappa shape index (κ3) is 3.05. The number of aryl methyl sites for hydroxylation is 2. The van der Waals surface area contributed by atoms with E-state index in [2.05, 4.69) is 22.8 Å². The summed E-state index contributed by atoms with van der Waals surface area (Å²) >= 11 is 0. The molecule has 2 aliphatic rings. The summed E-state index contributed by atoms with van der Waals surface area (Å²) in [6.45, 7) is 2.88.